The second kappa shape index (κ2) is 5.53. The van der Waals surface area contributed by atoms with E-state index < -0.39 is 6.04 Å². The highest BCUT2D eigenvalue weighted by Gasteiger charge is 2.40. The van der Waals surface area contributed by atoms with Gasteiger partial charge in [-0.2, -0.15) is 0 Å². The van der Waals surface area contributed by atoms with Crippen molar-refractivity contribution in [2.75, 3.05) is 0 Å². The molecule has 0 spiro atoms. The third-order valence-electron chi connectivity index (χ3n) is 3.81. The van der Waals surface area contributed by atoms with Gasteiger partial charge in [-0.1, -0.05) is 31.9 Å². The number of carbonyl (C=O) groups excluding carboxylic acids is 3. The van der Waals surface area contributed by atoms with E-state index in [1.54, 1.807) is 4.90 Å². The van der Waals surface area contributed by atoms with Crippen LogP contribution in [0.3, 0.4) is 0 Å². The molecule has 0 aliphatic carbocycles. The van der Waals surface area contributed by atoms with Gasteiger partial charge in [0.1, 0.15) is 6.04 Å². The number of alkyl halides is 1. The first-order valence-electron chi connectivity index (χ1n) is 6.53. The Bertz CT molecular complexity index is 660. The van der Waals surface area contributed by atoms with Crippen molar-refractivity contribution in [3.05, 3.63) is 33.3 Å². The summed E-state index contributed by atoms with van der Waals surface area (Å²) in [5, 5.41) is 2.88. The molecule has 3 amide bonds. The monoisotopic (exact) mass is 414 g/mol. The van der Waals surface area contributed by atoms with Crippen molar-refractivity contribution in [3.63, 3.8) is 0 Å². The summed E-state index contributed by atoms with van der Waals surface area (Å²) >= 11 is 6.83. The average Bonchev–Trinajstić information content (AvgIpc) is 2.75. The van der Waals surface area contributed by atoms with Crippen molar-refractivity contribution in [1.82, 2.24) is 10.2 Å². The first-order valence-corrected chi connectivity index (χ1v) is 8.44. The Kier molecular flexibility index (Phi) is 3.88. The van der Waals surface area contributed by atoms with Crippen molar-refractivity contribution >= 4 is 49.6 Å². The van der Waals surface area contributed by atoms with Crippen molar-refractivity contribution in [3.8, 4) is 0 Å². The molecule has 0 aromatic heterocycles. The third-order valence-corrected chi connectivity index (χ3v) is 4.87. The SMILES string of the molecule is O=C1CCC(N2Cc3cc(Br)cc(CBr)c3C2=O)C(=O)N1. The topological polar surface area (TPSA) is 66.5 Å². The number of nitrogens with zero attached hydrogens (tertiary/aromatic N) is 1. The van der Waals surface area contributed by atoms with Crippen LogP contribution in [-0.4, -0.2) is 28.7 Å². The predicted octanol–water partition coefficient (Wildman–Crippen LogP) is 2.10. The van der Waals surface area contributed by atoms with Crippen LogP contribution in [-0.2, 0) is 21.5 Å². The van der Waals surface area contributed by atoms with Crippen molar-refractivity contribution in [1.29, 1.82) is 0 Å². The second-order valence-corrected chi connectivity index (χ2v) is 6.61. The summed E-state index contributed by atoms with van der Waals surface area (Å²) in [6, 6.07) is 3.25. The van der Waals surface area contributed by atoms with Gasteiger partial charge in [-0.15, -0.1) is 0 Å². The van der Waals surface area contributed by atoms with E-state index in [2.05, 4.69) is 37.2 Å². The van der Waals surface area contributed by atoms with E-state index in [9.17, 15) is 14.4 Å². The Morgan fingerprint density at radius 2 is 2.05 bits per heavy atom. The molecular formula is C14H12Br2N2O3. The summed E-state index contributed by atoms with van der Waals surface area (Å²) < 4.78 is 0.911. The number of carbonyl (C=O) groups is 3. The summed E-state index contributed by atoms with van der Waals surface area (Å²) in [4.78, 5) is 37.4. The maximum absolute atomic E-state index is 12.6. The number of halogens is 2. The molecule has 110 valence electrons. The number of benzene rings is 1. The lowest BCUT2D eigenvalue weighted by molar-refractivity contribution is -0.136. The summed E-state index contributed by atoms with van der Waals surface area (Å²) in [7, 11) is 0. The number of rotatable bonds is 2. The molecule has 1 fully saturated rings. The van der Waals surface area contributed by atoms with Gasteiger partial charge in [-0.05, 0) is 29.7 Å². The van der Waals surface area contributed by atoms with Crippen LogP contribution in [0.4, 0.5) is 0 Å². The lowest BCUT2D eigenvalue weighted by Crippen LogP contribution is -2.52. The Morgan fingerprint density at radius 3 is 2.71 bits per heavy atom. The number of hydrogen-bond acceptors (Lipinski definition) is 3. The molecule has 0 radical (unpaired) electrons. The van der Waals surface area contributed by atoms with Crippen LogP contribution in [0.1, 0.15) is 34.3 Å². The first-order chi connectivity index (χ1) is 10.0. The molecule has 1 unspecified atom stereocenters. The van der Waals surface area contributed by atoms with Gasteiger partial charge in [-0.3, -0.25) is 19.7 Å². The maximum atomic E-state index is 12.6. The van der Waals surface area contributed by atoms with Crippen LogP contribution < -0.4 is 5.32 Å². The minimum Gasteiger partial charge on any atom is -0.322 e. The van der Waals surface area contributed by atoms with E-state index in [0.29, 0.717) is 23.9 Å². The molecule has 2 aliphatic rings. The van der Waals surface area contributed by atoms with Gasteiger partial charge < -0.3 is 4.90 Å². The van der Waals surface area contributed by atoms with E-state index in [-0.39, 0.29) is 24.1 Å². The molecule has 0 saturated carbocycles. The van der Waals surface area contributed by atoms with E-state index in [0.717, 1.165) is 15.6 Å². The number of amides is 3. The van der Waals surface area contributed by atoms with Crippen LogP contribution in [0.15, 0.2) is 16.6 Å². The summed E-state index contributed by atoms with van der Waals surface area (Å²) in [6.07, 6.45) is 0.654. The van der Waals surface area contributed by atoms with Gasteiger partial charge in [0.2, 0.25) is 11.8 Å². The van der Waals surface area contributed by atoms with Gasteiger partial charge in [0.15, 0.2) is 0 Å². The van der Waals surface area contributed by atoms with Gasteiger partial charge in [-0.25, -0.2) is 0 Å². The molecule has 1 aromatic rings. The average molecular weight is 416 g/mol. The molecule has 2 aliphatic heterocycles. The van der Waals surface area contributed by atoms with Crippen molar-refractivity contribution in [2.24, 2.45) is 0 Å². The minimum atomic E-state index is -0.565. The molecule has 5 nitrogen and oxygen atoms in total. The lowest BCUT2D eigenvalue weighted by atomic mass is 10.0. The Labute approximate surface area is 138 Å². The summed E-state index contributed by atoms with van der Waals surface area (Å²) in [5.74, 6) is -0.794. The molecule has 1 aromatic carbocycles. The van der Waals surface area contributed by atoms with Gasteiger partial charge >= 0.3 is 0 Å². The fourth-order valence-electron chi connectivity index (χ4n) is 2.86. The van der Waals surface area contributed by atoms with Crippen LogP contribution in [0.25, 0.3) is 0 Å². The van der Waals surface area contributed by atoms with Crippen molar-refractivity contribution < 1.29 is 14.4 Å². The zero-order chi connectivity index (χ0) is 15.1. The van der Waals surface area contributed by atoms with Crippen molar-refractivity contribution in [2.45, 2.75) is 30.8 Å². The molecule has 0 bridgehead atoms. The highest BCUT2D eigenvalue weighted by Crippen LogP contribution is 2.33. The number of fused-ring (bicyclic) bond motifs is 1. The predicted molar refractivity (Wildman–Crippen MR) is 82.8 cm³/mol. The number of hydrogen-bond donors (Lipinski definition) is 1. The summed E-state index contributed by atoms with van der Waals surface area (Å²) in [6.45, 7) is 0.403. The van der Waals surface area contributed by atoms with Crippen LogP contribution in [0.2, 0.25) is 0 Å². The number of nitrogens with one attached hydrogen (secondary N) is 1. The molecule has 1 N–H and O–H groups in total. The molecule has 2 heterocycles. The zero-order valence-corrected chi connectivity index (χ0v) is 14.2. The van der Waals surface area contributed by atoms with E-state index >= 15 is 0 Å². The maximum Gasteiger partial charge on any atom is 0.255 e. The molecule has 1 atom stereocenters. The van der Waals surface area contributed by atoms with Crippen LogP contribution >= 0.6 is 31.9 Å². The smallest absolute Gasteiger partial charge is 0.255 e. The Hall–Kier alpha value is -1.21. The fourth-order valence-corrected chi connectivity index (χ4v) is 3.85. The van der Waals surface area contributed by atoms with Gasteiger partial charge in [0.25, 0.3) is 5.91 Å². The van der Waals surface area contributed by atoms with Gasteiger partial charge in [0, 0.05) is 28.3 Å². The Morgan fingerprint density at radius 1 is 1.29 bits per heavy atom. The number of piperidine rings is 1. The van der Waals surface area contributed by atoms with Gasteiger partial charge in [0.05, 0.1) is 0 Å². The zero-order valence-electron chi connectivity index (χ0n) is 11.0. The largest absolute Gasteiger partial charge is 0.322 e. The van der Waals surface area contributed by atoms with E-state index in [1.165, 1.54) is 0 Å². The highest BCUT2D eigenvalue weighted by atomic mass is 79.9. The molecule has 3 rings (SSSR count). The number of imide groups is 1. The molecular weight excluding hydrogens is 404 g/mol. The fraction of sp³-hybridized carbons (Fsp3) is 0.357. The minimum absolute atomic E-state index is 0.138. The summed E-state index contributed by atoms with van der Waals surface area (Å²) in [5.41, 5.74) is 2.48. The van der Waals surface area contributed by atoms with E-state index in [4.69, 9.17) is 0 Å². The lowest BCUT2D eigenvalue weighted by Gasteiger charge is -2.29. The van der Waals surface area contributed by atoms with Crippen LogP contribution in [0, 0.1) is 0 Å². The molecule has 1 saturated heterocycles. The molecule has 7 heteroatoms. The van der Waals surface area contributed by atoms with Crippen LogP contribution in [0.5, 0.6) is 0 Å². The highest BCUT2D eigenvalue weighted by molar-refractivity contribution is 9.10. The first kappa shape index (κ1) is 14.7. The Balaban J connectivity index is 1.94. The second-order valence-electron chi connectivity index (χ2n) is 5.13. The van der Waals surface area contributed by atoms with E-state index in [1.807, 2.05) is 12.1 Å². The normalized spacial score (nSPS) is 21.5. The standard InChI is InChI=1S/C14H12Br2N2O3/c15-5-7-3-9(16)4-8-6-18(14(21)12(7)8)10-1-2-11(19)17-13(10)20/h3-4,10H,1-2,5-6H2,(H,17,19,20). The third kappa shape index (κ3) is 2.53. The molecule has 21 heavy (non-hydrogen) atoms. The quantitative estimate of drug-likeness (QED) is 0.594.